The van der Waals surface area contributed by atoms with Crippen molar-refractivity contribution in [2.45, 2.75) is 26.0 Å². The molecule has 2 N–H and O–H groups in total. The Morgan fingerprint density at radius 3 is 2.18 bits per heavy atom. The van der Waals surface area contributed by atoms with E-state index >= 15 is 0 Å². The van der Waals surface area contributed by atoms with Gasteiger partial charge in [0.2, 0.25) is 10.0 Å². The summed E-state index contributed by atoms with van der Waals surface area (Å²) < 4.78 is 33.7. The van der Waals surface area contributed by atoms with Gasteiger partial charge in [-0.25, -0.2) is 8.42 Å². The number of nitrogens with zero attached hydrogens (tertiary/aromatic N) is 1. The SMILES string of the molecule is CS(=O)(=O)N(Cc1ccccc1)c1c(OCc2ccccc2)ccc2c1CCC=C2CN.Cl. The first-order valence-corrected chi connectivity index (χ1v) is 12.6. The minimum atomic E-state index is -3.58. The minimum absolute atomic E-state index is 0. The van der Waals surface area contributed by atoms with Gasteiger partial charge in [-0.3, -0.25) is 4.31 Å². The van der Waals surface area contributed by atoms with Crippen LogP contribution in [0.3, 0.4) is 0 Å². The topological polar surface area (TPSA) is 72.6 Å². The van der Waals surface area contributed by atoms with Gasteiger partial charge >= 0.3 is 0 Å². The van der Waals surface area contributed by atoms with Crippen LogP contribution in [0.5, 0.6) is 5.75 Å². The molecule has 0 atom stereocenters. The number of sulfonamides is 1. The summed E-state index contributed by atoms with van der Waals surface area (Å²) in [5.74, 6) is 0.562. The summed E-state index contributed by atoms with van der Waals surface area (Å²) in [5, 5.41) is 0. The van der Waals surface area contributed by atoms with E-state index in [1.54, 1.807) is 0 Å². The van der Waals surface area contributed by atoms with Crippen molar-refractivity contribution in [3.05, 3.63) is 101 Å². The molecule has 33 heavy (non-hydrogen) atoms. The summed E-state index contributed by atoms with van der Waals surface area (Å²) in [6.07, 6.45) is 4.94. The molecule has 0 spiro atoms. The number of allylic oxidation sites excluding steroid dienone is 1. The van der Waals surface area contributed by atoms with E-state index in [1.165, 1.54) is 10.6 Å². The van der Waals surface area contributed by atoms with Crippen molar-refractivity contribution in [1.29, 1.82) is 0 Å². The lowest BCUT2D eigenvalue weighted by Gasteiger charge is -2.30. The van der Waals surface area contributed by atoms with Crippen molar-refractivity contribution in [3.8, 4) is 5.75 Å². The smallest absolute Gasteiger partial charge is 0.232 e. The van der Waals surface area contributed by atoms with Crippen molar-refractivity contribution in [2.24, 2.45) is 5.73 Å². The highest BCUT2D eigenvalue weighted by atomic mass is 35.5. The predicted octanol–water partition coefficient (Wildman–Crippen LogP) is 4.94. The van der Waals surface area contributed by atoms with E-state index in [0.29, 0.717) is 24.6 Å². The number of rotatable bonds is 8. The molecule has 3 aromatic carbocycles. The molecular formula is C26H29ClN2O3S. The lowest BCUT2D eigenvalue weighted by atomic mass is 9.89. The van der Waals surface area contributed by atoms with Crippen LogP contribution in [-0.4, -0.2) is 21.2 Å². The van der Waals surface area contributed by atoms with Crippen LogP contribution in [-0.2, 0) is 29.6 Å². The molecule has 0 heterocycles. The quantitative estimate of drug-likeness (QED) is 0.491. The summed E-state index contributed by atoms with van der Waals surface area (Å²) in [6.45, 7) is 1.00. The molecule has 0 aromatic heterocycles. The zero-order valence-corrected chi connectivity index (χ0v) is 20.2. The molecule has 1 aliphatic carbocycles. The Morgan fingerprint density at radius 1 is 0.939 bits per heavy atom. The number of fused-ring (bicyclic) bond motifs is 1. The Bertz CT molecular complexity index is 1210. The van der Waals surface area contributed by atoms with Gasteiger partial charge in [-0.1, -0.05) is 72.8 Å². The Hall–Kier alpha value is -2.80. The third kappa shape index (κ3) is 5.77. The second kappa shape index (κ2) is 10.9. The van der Waals surface area contributed by atoms with E-state index in [2.05, 4.69) is 6.08 Å². The third-order valence-electron chi connectivity index (χ3n) is 5.65. The molecule has 0 aliphatic heterocycles. The summed E-state index contributed by atoms with van der Waals surface area (Å²) in [4.78, 5) is 0. The molecular weight excluding hydrogens is 456 g/mol. The normalized spacial score (nSPS) is 12.8. The number of halogens is 1. The van der Waals surface area contributed by atoms with Crippen molar-refractivity contribution >= 4 is 33.7 Å². The van der Waals surface area contributed by atoms with Gasteiger partial charge < -0.3 is 10.5 Å². The van der Waals surface area contributed by atoms with E-state index in [4.69, 9.17) is 10.5 Å². The van der Waals surface area contributed by atoms with E-state index in [0.717, 1.165) is 40.7 Å². The number of hydrogen-bond acceptors (Lipinski definition) is 4. The summed E-state index contributed by atoms with van der Waals surface area (Å²) in [6, 6.07) is 23.4. The molecule has 7 heteroatoms. The minimum Gasteiger partial charge on any atom is -0.487 e. The molecule has 174 valence electrons. The largest absolute Gasteiger partial charge is 0.487 e. The molecule has 0 fully saturated rings. The van der Waals surface area contributed by atoms with Gasteiger partial charge in [0, 0.05) is 6.54 Å². The molecule has 0 amide bonds. The number of anilines is 1. The van der Waals surface area contributed by atoms with Crippen LogP contribution in [0.1, 0.15) is 28.7 Å². The van der Waals surface area contributed by atoms with E-state index < -0.39 is 10.0 Å². The van der Waals surface area contributed by atoms with Crippen LogP contribution in [0.2, 0.25) is 0 Å². The maximum Gasteiger partial charge on any atom is 0.232 e. The number of nitrogens with two attached hydrogens (primary N) is 1. The summed E-state index contributed by atoms with van der Waals surface area (Å²) in [5.41, 5.74) is 11.6. The van der Waals surface area contributed by atoms with Crippen LogP contribution >= 0.6 is 12.4 Å². The maximum absolute atomic E-state index is 13.0. The van der Waals surface area contributed by atoms with Gasteiger partial charge in [-0.15, -0.1) is 12.4 Å². The van der Waals surface area contributed by atoms with Crippen LogP contribution in [0.25, 0.3) is 5.57 Å². The lowest BCUT2D eigenvalue weighted by molar-refractivity contribution is 0.306. The molecule has 0 radical (unpaired) electrons. The average Bonchev–Trinajstić information content (AvgIpc) is 2.81. The second-order valence-corrected chi connectivity index (χ2v) is 9.85. The summed E-state index contributed by atoms with van der Waals surface area (Å²) >= 11 is 0. The Morgan fingerprint density at radius 2 is 1.58 bits per heavy atom. The van der Waals surface area contributed by atoms with Gasteiger partial charge in [-0.2, -0.15) is 0 Å². The first-order chi connectivity index (χ1) is 15.5. The van der Waals surface area contributed by atoms with Gasteiger partial charge in [0.05, 0.1) is 18.5 Å². The Kier molecular flexibility index (Phi) is 8.19. The zero-order valence-electron chi connectivity index (χ0n) is 18.6. The molecule has 0 saturated heterocycles. The summed E-state index contributed by atoms with van der Waals surface area (Å²) in [7, 11) is -3.58. The fraction of sp³-hybridized carbons (Fsp3) is 0.231. The zero-order chi connectivity index (χ0) is 22.6. The molecule has 0 saturated carbocycles. The van der Waals surface area contributed by atoms with Crippen molar-refractivity contribution in [1.82, 2.24) is 0 Å². The maximum atomic E-state index is 13.0. The number of ether oxygens (including phenoxy) is 1. The highest BCUT2D eigenvalue weighted by molar-refractivity contribution is 7.92. The highest BCUT2D eigenvalue weighted by Crippen LogP contribution is 2.42. The number of benzene rings is 3. The Balaban J connectivity index is 0.00000306. The standard InChI is InChI=1S/C26H28N2O3S.ClH/c1-32(29,30)28(18-20-9-4-2-5-10-20)26-24-14-8-13-22(17-27)23(24)15-16-25(26)31-19-21-11-6-3-7-12-21;/h2-7,9-13,15-16H,8,14,17-19,27H2,1H3;1H. The van der Waals surface area contributed by atoms with Crippen LogP contribution in [0.15, 0.2) is 78.9 Å². The van der Waals surface area contributed by atoms with Crippen LogP contribution in [0, 0.1) is 0 Å². The van der Waals surface area contributed by atoms with Crippen molar-refractivity contribution in [3.63, 3.8) is 0 Å². The molecule has 0 unspecified atom stereocenters. The molecule has 0 bridgehead atoms. The number of hydrogen-bond donors (Lipinski definition) is 1. The van der Waals surface area contributed by atoms with Crippen molar-refractivity contribution < 1.29 is 13.2 Å². The van der Waals surface area contributed by atoms with Crippen LogP contribution < -0.4 is 14.8 Å². The predicted molar refractivity (Wildman–Crippen MR) is 137 cm³/mol. The average molecular weight is 485 g/mol. The second-order valence-electron chi connectivity index (χ2n) is 7.94. The Labute approximate surface area is 202 Å². The van der Waals surface area contributed by atoms with Gasteiger partial charge in [-0.05, 0) is 46.7 Å². The molecule has 3 aromatic rings. The van der Waals surface area contributed by atoms with E-state index in [9.17, 15) is 8.42 Å². The van der Waals surface area contributed by atoms with E-state index in [1.807, 2.05) is 72.8 Å². The fourth-order valence-electron chi connectivity index (χ4n) is 4.10. The third-order valence-corrected chi connectivity index (χ3v) is 6.76. The fourth-order valence-corrected chi connectivity index (χ4v) is 5.01. The van der Waals surface area contributed by atoms with Crippen LogP contribution in [0.4, 0.5) is 5.69 Å². The lowest BCUT2D eigenvalue weighted by Crippen LogP contribution is -2.31. The van der Waals surface area contributed by atoms with Gasteiger partial charge in [0.15, 0.2) is 0 Å². The first kappa shape index (κ1) is 24.8. The monoisotopic (exact) mass is 484 g/mol. The van der Waals surface area contributed by atoms with Gasteiger partial charge in [0.1, 0.15) is 12.4 Å². The van der Waals surface area contributed by atoms with E-state index in [-0.39, 0.29) is 19.0 Å². The first-order valence-electron chi connectivity index (χ1n) is 10.7. The van der Waals surface area contributed by atoms with Gasteiger partial charge in [0.25, 0.3) is 0 Å². The molecule has 5 nitrogen and oxygen atoms in total. The molecule has 4 rings (SSSR count). The molecule has 1 aliphatic rings. The highest BCUT2D eigenvalue weighted by Gasteiger charge is 2.28. The van der Waals surface area contributed by atoms with Crippen molar-refractivity contribution in [2.75, 3.05) is 17.1 Å².